The normalized spacial score (nSPS) is 18.6. The second-order valence-corrected chi connectivity index (χ2v) is 6.54. The van der Waals surface area contributed by atoms with Crippen molar-refractivity contribution in [1.29, 1.82) is 0 Å². The van der Waals surface area contributed by atoms with Gasteiger partial charge in [-0.25, -0.2) is 0 Å². The SMILES string of the molecule is Nc1ccsc1CNC1CCSc2ccccc21. The number of thiophene rings is 1. The van der Waals surface area contributed by atoms with E-state index >= 15 is 0 Å². The van der Waals surface area contributed by atoms with Gasteiger partial charge in [0.15, 0.2) is 0 Å². The van der Waals surface area contributed by atoms with Crippen LogP contribution in [0.4, 0.5) is 5.69 Å². The summed E-state index contributed by atoms with van der Waals surface area (Å²) < 4.78 is 0. The summed E-state index contributed by atoms with van der Waals surface area (Å²) in [4.78, 5) is 2.66. The summed E-state index contributed by atoms with van der Waals surface area (Å²) in [6.07, 6.45) is 1.19. The molecule has 3 rings (SSSR count). The molecule has 0 saturated carbocycles. The Morgan fingerprint density at radius 2 is 2.17 bits per heavy atom. The maximum atomic E-state index is 5.92. The number of nitrogens with one attached hydrogen (secondary N) is 1. The van der Waals surface area contributed by atoms with Crippen LogP contribution in [-0.2, 0) is 6.54 Å². The predicted octanol–water partition coefficient (Wildman–Crippen LogP) is 3.66. The Balaban J connectivity index is 1.73. The van der Waals surface area contributed by atoms with Crippen LogP contribution < -0.4 is 11.1 Å². The molecule has 94 valence electrons. The monoisotopic (exact) mass is 276 g/mol. The van der Waals surface area contributed by atoms with Crippen LogP contribution in [0.25, 0.3) is 0 Å². The number of nitrogens with two attached hydrogens (primary N) is 1. The average Bonchev–Trinajstić information content (AvgIpc) is 2.82. The molecule has 0 radical (unpaired) electrons. The lowest BCUT2D eigenvalue weighted by Gasteiger charge is -2.25. The topological polar surface area (TPSA) is 38.0 Å². The van der Waals surface area contributed by atoms with E-state index in [0.29, 0.717) is 6.04 Å². The van der Waals surface area contributed by atoms with Crippen LogP contribution in [0.5, 0.6) is 0 Å². The van der Waals surface area contributed by atoms with Gasteiger partial charge in [-0.1, -0.05) is 18.2 Å². The molecule has 1 atom stereocenters. The fourth-order valence-electron chi connectivity index (χ4n) is 2.26. The maximum absolute atomic E-state index is 5.92. The zero-order chi connectivity index (χ0) is 12.4. The predicted molar refractivity (Wildman–Crippen MR) is 80.1 cm³/mol. The molecule has 0 fully saturated rings. The Morgan fingerprint density at radius 1 is 1.28 bits per heavy atom. The molecule has 0 bridgehead atoms. The first-order valence-electron chi connectivity index (χ1n) is 6.11. The molecule has 2 heterocycles. The van der Waals surface area contributed by atoms with Gasteiger partial charge in [0, 0.05) is 28.0 Å². The highest BCUT2D eigenvalue weighted by molar-refractivity contribution is 7.99. The van der Waals surface area contributed by atoms with Gasteiger partial charge < -0.3 is 11.1 Å². The van der Waals surface area contributed by atoms with E-state index in [1.54, 1.807) is 11.3 Å². The van der Waals surface area contributed by atoms with Gasteiger partial charge in [0.2, 0.25) is 0 Å². The van der Waals surface area contributed by atoms with Crippen LogP contribution in [0, 0.1) is 0 Å². The summed E-state index contributed by atoms with van der Waals surface area (Å²) in [5, 5.41) is 5.69. The highest BCUT2D eigenvalue weighted by Gasteiger charge is 2.19. The lowest BCUT2D eigenvalue weighted by molar-refractivity contribution is 0.513. The van der Waals surface area contributed by atoms with Crippen molar-refractivity contribution < 1.29 is 0 Å². The van der Waals surface area contributed by atoms with Gasteiger partial charge in [-0.15, -0.1) is 23.1 Å². The summed E-state index contributed by atoms with van der Waals surface area (Å²) >= 11 is 3.68. The number of nitrogen functional groups attached to an aromatic ring is 1. The number of benzene rings is 1. The van der Waals surface area contributed by atoms with Gasteiger partial charge in [0.1, 0.15) is 0 Å². The van der Waals surface area contributed by atoms with Crippen LogP contribution in [0.2, 0.25) is 0 Å². The quantitative estimate of drug-likeness (QED) is 0.898. The van der Waals surface area contributed by atoms with Gasteiger partial charge in [0.25, 0.3) is 0 Å². The second kappa shape index (κ2) is 5.34. The molecule has 1 aromatic carbocycles. The summed E-state index contributed by atoms with van der Waals surface area (Å²) in [6, 6.07) is 11.1. The lowest BCUT2D eigenvalue weighted by Crippen LogP contribution is -2.24. The standard InChI is InChI=1S/C14H16N2S2/c15-11-5-7-18-14(11)9-16-12-6-8-17-13-4-2-1-3-10(12)13/h1-5,7,12,16H,6,8-9,15H2. The number of thioether (sulfide) groups is 1. The van der Waals surface area contributed by atoms with Crippen LogP contribution in [0.1, 0.15) is 22.9 Å². The fraction of sp³-hybridized carbons (Fsp3) is 0.286. The lowest BCUT2D eigenvalue weighted by atomic mass is 10.0. The average molecular weight is 276 g/mol. The molecule has 0 aliphatic carbocycles. The van der Waals surface area contributed by atoms with Gasteiger partial charge in [-0.2, -0.15) is 0 Å². The molecule has 1 aliphatic heterocycles. The summed E-state index contributed by atoms with van der Waals surface area (Å²) in [7, 11) is 0. The van der Waals surface area contributed by atoms with Crippen molar-refractivity contribution in [1.82, 2.24) is 5.32 Å². The molecule has 1 aliphatic rings. The maximum Gasteiger partial charge on any atom is 0.0468 e. The van der Waals surface area contributed by atoms with E-state index in [9.17, 15) is 0 Å². The van der Waals surface area contributed by atoms with Crippen LogP contribution in [-0.4, -0.2) is 5.75 Å². The highest BCUT2D eigenvalue weighted by atomic mass is 32.2. The molecule has 0 amide bonds. The van der Waals surface area contributed by atoms with Crippen molar-refractivity contribution in [2.45, 2.75) is 23.9 Å². The third-order valence-electron chi connectivity index (χ3n) is 3.25. The molecule has 1 aromatic heterocycles. The third kappa shape index (κ3) is 2.41. The third-order valence-corrected chi connectivity index (χ3v) is 5.31. The number of fused-ring (bicyclic) bond motifs is 1. The summed E-state index contributed by atoms with van der Waals surface area (Å²) in [5.41, 5.74) is 8.26. The van der Waals surface area contributed by atoms with Gasteiger partial charge >= 0.3 is 0 Å². The number of rotatable bonds is 3. The fourth-order valence-corrected chi connectivity index (χ4v) is 4.14. The van der Waals surface area contributed by atoms with E-state index in [1.807, 2.05) is 17.8 Å². The molecular weight excluding hydrogens is 260 g/mol. The number of hydrogen-bond donors (Lipinski definition) is 2. The molecule has 18 heavy (non-hydrogen) atoms. The first kappa shape index (κ1) is 12.1. The minimum absolute atomic E-state index is 0.462. The van der Waals surface area contributed by atoms with E-state index in [1.165, 1.54) is 27.5 Å². The van der Waals surface area contributed by atoms with Crippen molar-refractivity contribution in [2.24, 2.45) is 0 Å². The van der Waals surface area contributed by atoms with Crippen LogP contribution in [0.15, 0.2) is 40.6 Å². The molecule has 2 aromatic rings. The zero-order valence-electron chi connectivity index (χ0n) is 10.1. The minimum atomic E-state index is 0.462. The Labute approximate surface area is 116 Å². The first-order chi connectivity index (χ1) is 8.84. The number of hydrogen-bond acceptors (Lipinski definition) is 4. The van der Waals surface area contributed by atoms with E-state index in [-0.39, 0.29) is 0 Å². The van der Waals surface area contributed by atoms with Crippen LogP contribution in [0.3, 0.4) is 0 Å². The highest BCUT2D eigenvalue weighted by Crippen LogP contribution is 2.36. The van der Waals surface area contributed by atoms with E-state index < -0.39 is 0 Å². The Bertz CT molecular complexity index is 536. The molecule has 1 unspecified atom stereocenters. The van der Waals surface area contributed by atoms with Gasteiger partial charge in [-0.05, 0) is 35.2 Å². The molecule has 2 nitrogen and oxygen atoms in total. The van der Waals surface area contributed by atoms with Crippen molar-refractivity contribution in [3.63, 3.8) is 0 Å². The van der Waals surface area contributed by atoms with Crippen molar-refractivity contribution in [3.05, 3.63) is 46.2 Å². The van der Waals surface area contributed by atoms with Gasteiger partial charge in [0.05, 0.1) is 0 Å². The van der Waals surface area contributed by atoms with E-state index in [4.69, 9.17) is 5.73 Å². The molecule has 4 heteroatoms. The molecule has 0 saturated heterocycles. The molecule has 0 spiro atoms. The first-order valence-corrected chi connectivity index (χ1v) is 7.98. The van der Waals surface area contributed by atoms with E-state index in [0.717, 1.165) is 12.2 Å². The zero-order valence-corrected chi connectivity index (χ0v) is 11.7. The second-order valence-electron chi connectivity index (χ2n) is 4.41. The van der Waals surface area contributed by atoms with Crippen molar-refractivity contribution in [2.75, 3.05) is 11.5 Å². The van der Waals surface area contributed by atoms with E-state index in [2.05, 4.69) is 35.0 Å². The molecular formula is C14H16N2S2. The minimum Gasteiger partial charge on any atom is -0.398 e. The Morgan fingerprint density at radius 3 is 3.00 bits per heavy atom. The number of anilines is 1. The Hall–Kier alpha value is -0.970. The van der Waals surface area contributed by atoms with Crippen molar-refractivity contribution in [3.8, 4) is 0 Å². The summed E-state index contributed by atoms with van der Waals surface area (Å²) in [6.45, 7) is 0.868. The van der Waals surface area contributed by atoms with Crippen molar-refractivity contribution >= 4 is 28.8 Å². The summed E-state index contributed by atoms with van der Waals surface area (Å²) in [5.74, 6) is 1.19. The van der Waals surface area contributed by atoms with Gasteiger partial charge in [-0.3, -0.25) is 0 Å². The molecule has 3 N–H and O–H groups in total. The largest absolute Gasteiger partial charge is 0.398 e. The smallest absolute Gasteiger partial charge is 0.0468 e. The van der Waals surface area contributed by atoms with Crippen LogP contribution >= 0.6 is 23.1 Å². The Kier molecular flexibility index (Phi) is 3.59.